The van der Waals surface area contributed by atoms with Crippen molar-refractivity contribution in [2.24, 2.45) is 0 Å². The molecular formula is C26H39N3O6S. The van der Waals surface area contributed by atoms with Gasteiger partial charge in [0.2, 0.25) is 11.8 Å². The van der Waals surface area contributed by atoms with Crippen LogP contribution in [0.3, 0.4) is 0 Å². The SMILES string of the molecule is C=CCN(C(=O)C(CS)NC(=O)OC(C)(C)C)C(C(=O)NCCC(=O)OCC)c1ccc(C)cc1C. The van der Waals surface area contributed by atoms with Gasteiger partial charge >= 0.3 is 12.1 Å². The highest BCUT2D eigenvalue weighted by Gasteiger charge is 2.36. The summed E-state index contributed by atoms with van der Waals surface area (Å²) >= 11 is 4.25. The van der Waals surface area contributed by atoms with Gasteiger partial charge in [0.25, 0.3) is 0 Å². The van der Waals surface area contributed by atoms with Crippen molar-refractivity contribution >= 4 is 36.5 Å². The Balaban J connectivity index is 3.32. The molecule has 2 unspecified atom stereocenters. The molecule has 2 N–H and O–H groups in total. The van der Waals surface area contributed by atoms with Crippen molar-refractivity contribution in [2.75, 3.05) is 25.4 Å². The molecule has 0 heterocycles. The van der Waals surface area contributed by atoms with E-state index >= 15 is 0 Å². The number of alkyl carbamates (subject to hydrolysis) is 1. The molecule has 0 saturated heterocycles. The van der Waals surface area contributed by atoms with Gasteiger partial charge in [-0.1, -0.05) is 29.8 Å². The minimum Gasteiger partial charge on any atom is -0.466 e. The van der Waals surface area contributed by atoms with Crippen molar-refractivity contribution in [3.8, 4) is 0 Å². The van der Waals surface area contributed by atoms with Crippen molar-refractivity contribution < 1.29 is 28.7 Å². The number of carbonyl (C=O) groups excluding carboxylic acids is 4. The zero-order valence-corrected chi connectivity index (χ0v) is 22.9. The predicted octanol–water partition coefficient (Wildman–Crippen LogP) is 3.25. The number of hydrogen-bond acceptors (Lipinski definition) is 7. The number of carbonyl (C=O) groups is 4. The average molecular weight is 522 g/mol. The fourth-order valence-electron chi connectivity index (χ4n) is 3.50. The van der Waals surface area contributed by atoms with E-state index in [2.05, 4.69) is 29.8 Å². The first-order valence-electron chi connectivity index (χ1n) is 11.9. The molecule has 0 spiro atoms. The number of hydrogen-bond donors (Lipinski definition) is 3. The van der Waals surface area contributed by atoms with E-state index in [4.69, 9.17) is 9.47 Å². The summed E-state index contributed by atoms with van der Waals surface area (Å²) in [6, 6.07) is 3.47. The summed E-state index contributed by atoms with van der Waals surface area (Å²) in [4.78, 5) is 52.5. The van der Waals surface area contributed by atoms with E-state index in [-0.39, 0.29) is 31.9 Å². The third-order valence-corrected chi connectivity index (χ3v) is 5.36. The predicted molar refractivity (Wildman–Crippen MR) is 142 cm³/mol. The van der Waals surface area contributed by atoms with Crippen molar-refractivity contribution in [1.29, 1.82) is 0 Å². The summed E-state index contributed by atoms with van der Waals surface area (Å²) in [5.41, 5.74) is 1.67. The molecule has 10 heteroatoms. The van der Waals surface area contributed by atoms with Gasteiger partial charge in [-0.05, 0) is 52.7 Å². The van der Waals surface area contributed by atoms with Crippen LogP contribution in [0, 0.1) is 13.8 Å². The van der Waals surface area contributed by atoms with E-state index in [1.807, 2.05) is 26.0 Å². The van der Waals surface area contributed by atoms with Gasteiger partial charge < -0.3 is 25.0 Å². The van der Waals surface area contributed by atoms with Crippen LogP contribution in [0.1, 0.15) is 56.8 Å². The third-order valence-electron chi connectivity index (χ3n) is 4.99. The van der Waals surface area contributed by atoms with E-state index < -0.39 is 41.6 Å². The normalized spacial score (nSPS) is 12.6. The second-order valence-electron chi connectivity index (χ2n) is 9.27. The number of esters is 1. The van der Waals surface area contributed by atoms with Gasteiger partial charge in [-0.25, -0.2) is 4.79 Å². The topological polar surface area (TPSA) is 114 Å². The van der Waals surface area contributed by atoms with Gasteiger partial charge in [0.1, 0.15) is 17.7 Å². The van der Waals surface area contributed by atoms with Crippen LogP contribution in [0.4, 0.5) is 4.79 Å². The van der Waals surface area contributed by atoms with Crippen molar-refractivity contribution in [1.82, 2.24) is 15.5 Å². The number of nitrogens with zero attached hydrogens (tertiary/aromatic N) is 1. The quantitative estimate of drug-likeness (QED) is 0.221. The van der Waals surface area contributed by atoms with Gasteiger partial charge in [-0.2, -0.15) is 12.6 Å². The molecule has 200 valence electrons. The van der Waals surface area contributed by atoms with Crippen LogP contribution < -0.4 is 10.6 Å². The second-order valence-corrected chi connectivity index (χ2v) is 9.63. The molecule has 2 atom stereocenters. The van der Waals surface area contributed by atoms with Crippen molar-refractivity contribution in [3.05, 3.63) is 47.5 Å². The van der Waals surface area contributed by atoms with Crippen LogP contribution in [0.15, 0.2) is 30.9 Å². The van der Waals surface area contributed by atoms with E-state index in [0.29, 0.717) is 5.56 Å². The van der Waals surface area contributed by atoms with Crippen LogP contribution in [-0.2, 0) is 23.9 Å². The summed E-state index contributed by atoms with van der Waals surface area (Å²) in [6.07, 6.45) is 0.729. The summed E-state index contributed by atoms with van der Waals surface area (Å²) < 4.78 is 10.2. The Morgan fingerprint density at radius 1 is 1.19 bits per heavy atom. The van der Waals surface area contributed by atoms with E-state index in [1.165, 1.54) is 11.0 Å². The van der Waals surface area contributed by atoms with Gasteiger partial charge in [-0.15, -0.1) is 6.58 Å². The molecule has 0 aliphatic rings. The third kappa shape index (κ3) is 9.93. The Kier molecular flexibility index (Phi) is 12.5. The molecule has 0 saturated carbocycles. The lowest BCUT2D eigenvalue weighted by Crippen LogP contribution is -2.54. The lowest BCUT2D eigenvalue weighted by Gasteiger charge is -2.34. The molecule has 1 aromatic rings. The first-order chi connectivity index (χ1) is 16.8. The molecule has 36 heavy (non-hydrogen) atoms. The van der Waals surface area contributed by atoms with Gasteiger partial charge in [-0.3, -0.25) is 14.4 Å². The number of thiol groups is 1. The van der Waals surface area contributed by atoms with E-state index in [1.54, 1.807) is 33.8 Å². The lowest BCUT2D eigenvalue weighted by atomic mass is 9.96. The molecule has 0 bridgehead atoms. The highest BCUT2D eigenvalue weighted by Crippen LogP contribution is 2.26. The maximum absolute atomic E-state index is 13.6. The van der Waals surface area contributed by atoms with E-state index in [9.17, 15) is 19.2 Å². The first-order valence-corrected chi connectivity index (χ1v) is 12.5. The molecule has 1 rings (SSSR count). The number of ether oxygens (including phenoxy) is 2. The fourth-order valence-corrected chi connectivity index (χ4v) is 3.75. The van der Waals surface area contributed by atoms with Gasteiger partial charge in [0.15, 0.2) is 0 Å². The summed E-state index contributed by atoms with van der Waals surface area (Å²) in [5, 5.41) is 5.28. The number of nitrogens with one attached hydrogen (secondary N) is 2. The average Bonchev–Trinajstić information content (AvgIpc) is 2.77. The second kappa shape index (κ2) is 14.5. The number of rotatable bonds is 12. The Morgan fingerprint density at radius 3 is 2.39 bits per heavy atom. The molecule has 1 aromatic carbocycles. The van der Waals surface area contributed by atoms with Gasteiger partial charge in [0, 0.05) is 18.8 Å². The maximum Gasteiger partial charge on any atom is 0.408 e. The lowest BCUT2D eigenvalue weighted by molar-refractivity contribution is -0.144. The largest absolute Gasteiger partial charge is 0.466 e. The first kappa shape index (κ1) is 31.0. The zero-order valence-electron chi connectivity index (χ0n) is 22.1. The summed E-state index contributed by atoms with van der Waals surface area (Å²) in [7, 11) is 0. The number of benzene rings is 1. The van der Waals surface area contributed by atoms with Crippen LogP contribution in [0.5, 0.6) is 0 Å². The smallest absolute Gasteiger partial charge is 0.408 e. The molecule has 3 amide bonds. The minimum atomic E-state index is -1.05. The van der Waals surface area contributed by atoms with Crippen molar-refractivity contribution in [2.45, 2.75) is 65.6 Å². The van der Waals surface area contributed by atoms with Crippen LogP contribution in [-0.4, -0.2) is 65.9 Å². The highest BCUT2D eigenvalue weighted by molar-refractivity contribution is 7.80. The summed E-state index contributed by atoms with van der Waals surface area (Å²) in [5.74, 6) is -1.45. The molecule has 0 aromatic heterocycles. The van der Waals surface area contributed by atoms with Crippen LogP contribution in [0.2, 0.25) is 0 Å². The fraction of sp³-hybridized carbons (Fsp3) is 0.538. The zero-order chi connectivity index (χ0) is 27.5. The monoisotopic (exact) mass is 521 g/mol. The number of amides is 3. The maximum atomic E-state index is 13.6. The molecule has 0 aliphatic carbocycles. The minimum absolute atomic E-state index is 0.00590. The number of aryl methyl sites for hydroxylation is 2. The standard InChI is InChI=1S/C26H39N3O6S/c1-8-14-29(24(32)20(16-36)28-25(33)35-26(5,6)7)22(19-11-10-17(3)15-18(19)4)23(31)27-13-12-21(30)34-9-2/h8,10-11,15,20,22,36H,1,9,12-14,16H2,2-7H3,(H,27,31)(H,28,33). The molecule has 0 fully saturated rings. The molecule has 0 aliphatic heterocycles. The molecule has 0 radical (unpaired) electrons. The Hall–Kier alpha value is -3.01. The Morgan fingerprint density at radius 2 is 1.86 bits per heavy atom. The van der Waals surface area contributed by atoms with Gasteiger partial charge in [0.05, 0.1) is 13.0 Å². The van der Waals surface area contributed by atoms with E-state index in [0.717, 1.165) is 11.1 Å². The van der Waals surface area contributed by atoms with Crippen LogP contribution >= 0.6 is 12.6 Å². The Labute approximate surface area is 219 Å². The molecular weight excluding hydrogens is 482 g/mol. The Bertz CT molecular complexity index is 944. The van der Waals surface area contributed by atoms with Crippen LogP contribution in [0.25, 0.3) is 0 Å². The van der Waals surface area contributed by atoms with Crippen molar-refractivity contribution in [3.63, 3.8) is 0 Å². The highest BCUT2D eigenvalue weighted by atomic mass is 32.1. The molecule has 9 nitrogen and oxygen atoms in total. The summed E-state index contributed by atoms with van der Waals surface area (Å²) in [6.45, 7) is 14.7.